The molecule has 0 spiro atoms. The average molecular weight is 448 g/mol. The maximum absolute atomic E-state index is 13.0. The van der Waals surface area contributed by atoms with E-state index in [1.165, 1.54) is 28.6 Å². The number of nitrogens with zero attached hydrogens (tertiary/aromatic N) is 2. The molecular weight excluding hydrogens is 426 g/mol. The molecule has 0 radical (unpaired) electrons. The van der Waals surface area contributed by atoms with E-state index in [0.29, 0.717) is 23.9 Å². The number of nitrogens with one attached hydrogen (secondary N) is 1. The molecule has 1 amide bonds. The van der Waals surface area contributed by atoms with Crippen LogP contribution in [0.5, 0.6) is 0 Å². The first-order valence-electron chi connectivity index (χ1n) is 9.33. The number of hydrogen-bond donors (Lipinski definition) is 2. The van der Waals surface area contributed by atoms with E-state index in [4.69, 9.17) is 5.26 Å². The highest BCUT2D eigenvalue weighted by molar-refractivity contribution is 7.89. The highest BCUT2D eigenvalue weighted by atomic mass is 32.2. The predicted octanol–water partition coefficient (Wildman–Crippen LogP) is 3.30. The van der Waals surface area contributed by atoms with Crippen molar-refractivity contribution in [1.82, 2.24) is 4.31 Å². The van der Waals surface area contributed by atoms with Crippen LogP contribution in [0.1, 0.15) is 50.2 Å². The summed E-state index contributed by atoms with van der Waals surface area (Å²) in [5.41, 5.74) is -0.0282. The SMILES string of the molecule is Cc1sc(C(=O)Nc2ccc(C#N)cc2C(=O)O)cc1S(=O)(=O)N1CCC(C)CC1. The summed E-state index contributed by atoms with van der Waals surface area (Å²) in [5, 5.41) is 20.8. The van der Waals surface area contributed by atoms with Crippen LogP contribution in [-0.2, 0) is 10.0 Å². The lowest BCUT2D eigenvalue weighted by Gasteiger charge is -2.29. The summed E-state index contributed by atoms with van der Waals surface area (Å²) < 4.78 is 27.5. The highest BCUT2D eigenvalue weighted by Gasteiger charge is 2.31. The summed E-state index contributed by atoms with van der Waals surface area (Å²) in [6, 6.07) is 7.10. The number of hydrogen-bond acceptors (Lipinski definition) is 6. The molecule has 1 aromatic heterocycles. The van der Waals surface area contributed by atoms with Gasteiger partial charge in [0.15, 0.2) is 0 Å². The Hall–Kier alpha value is -2.74. The lowest BCUT2D eigenvalue weighted by atomic mass is 10.0. The number of carbonyl (C=O) groups excluding carboxylic acids is 1. The molecule has 158 valence electrons. The molecular formula is C20H21N3O5S2. The van der Waals surface area contributed by atoms with E-state index in [2.05, 4.69) is 12.2 Å². The van der Waals surface area contributed by atoms with Crippen molar-refractivity contribution in [3.63, 3.8) is 0 Å². The number of rotatable bonds is 5. The van der Waals surface area contributed by atoms with Crippen LogP contribution in [-0.4, -0.2) is 42.8 Å². The smallest absolute Gasteiger partial charge is 0.337 e. The molecule has 3 rings (SSSR count). The fourth-order valence-corrected chi connectivity index (χ4v) is 6.21. The number of aromatic carboxylic acids is 1. The molecule has 1 aromatic carbocycles. The Morgan fingerprint density at radius 1 is 1.27 bits per heavy atom. The van der Waals surface area contributed by atoms with Gasteiger partial charge >= 0.3 is 5.97 Å². The van der Waals surface area contributed by atoms with Crippen LogP contribution in [0.4, 0.5) is 5.69 Å². The number of amides is 1. The van der Waals surface area contributed by atoms with E-state index in [-0.39, 0.29) is 26.6 Å². The van der Waals surface area contributed by atoms with E-state index < -0.39 is 21.9 Å². The van der Waals surface area contributed by atoms with Crippen LogP contribution in [0.25, 0.3) is 0 Å². The van der Waals surface area contributed by atoms with E-state index in [1.807, 2.05) is 6.07 Å². The topological polar surface area (TPSA) is 128 Å². The van der Waals surface area contributed by atoms with Gasteiger partial charge in [0.25, 0.3) is 5.91 Å². The summed E-state index contributed by atoms with van der Waals surface area (Å²) in [5.74, 6) is -1.41. The quantitative estimate of drug-likeness (QED) is 0.724. The fraction of sp³-hybridized carbons (Fsp3) is 0.350. The molecule has 2 N–H and O–H groups in total. The lowest BCUT2D eigenvalue weighted by molar-refractivity contribution is 0.0698. The fourth-order valence-electron chi connectivity index (χ4n) is 3.28. The third-order valence-corrected chi connectivity index (χ3v) is 8.29. The number of thiophene rings is 1. The zero-order valence-corrected chi connectivity index (χ0v) is 18.1. The molecule has 2 heterocycles. The molecule has 0 unspecified atom stereocenters. The summed E-state index contributed by atoms with van der Waals surface area (Å²) in [6.07, 6.45) is 1.60. The summed E-state index contributed by atoms with van der Waals surface area (Å²) in [6.45, 7) is 4.64. The third kappa shape index (κ3) is 4.38. The minimum Gasteiger partial charge on any atom is -0.478 e. The first-order chi connectivity index (χ1) is 14.1. The van der Waals surface area contributed by atoms with Crippen LogP contribution in [0.15, 0.2) is 29.2 Å². The van der Waals surface area contributed by atoms with Crippen LogP contribution < -0.4 is 5.32 Å². The van der Waals surface area contributed by atoms with Gasteiger partial charge in [-0.2, -0.15) is 9.57 Å². The van der Waals surface area contributed by atoms with Gasteiger partial charge < -0.3 is 10.4 Å². The zero-order valence-electron chi connectivity index (χ0n) is 16.5. The molecule has 0 saturated carbocycles. The van der Waals surface area contributed by atoms with Crippen LogP contribution in [0.3, 0.4) is 0 Å². The van der Waals surface area contributed by atoms with Gasteiger partial charge in [-0.05, 0) is 49.9 Å². The third-order valence-electron chi connectivity index (χ3n) is 5.08. The monoisotopic (exact) mass is 447 g/mol. The van der Waals surface area contributed by atoms with Gasteiger partial charge in [-0.15, -0.1) is 11.3 Å². The van der Waals surface area contributed by atoms with Gasteiger partial charge in [-0.1, -0.05) is 6.92 Å². The Labute approximate surface area is 178 Å². The van der Waals surface area contributed by atoms with Gasteiger partial charge in [-0.25, -0.2) is 13.2 Å². The van der Waals surface area contributed by atoms with E-state index in [1.54, 1.807) is 6.92 Å². The Bertz CT molecular complexity index is 1140. The van der Waals surface area contributed by atoms with E-state index >= 15 is 0 Å². The van der Waals surface area contributed by atoms with Crippen molar-refractivity contribution in [2.24, 2.45) is 5.92 Å². The second-order valence-electron chi connectivity index (χ2n) is 7.25. The number of nitriles is 1. The largest absolute Gasteiger partial charge is 0.478 e. The lowest BCUT2D eigenvalue weighted by Crippen LogP contribution is -2.37. The van der Waals surface area contributed by atoms with Gasteiger partial charge in [0, 0.05) is 18.0 Å². The minimum atomic E-state index is -3.70. The second kappa shape index (κ2) is 8.55. The number of carbonyl (C=O) groups is 2. The number of carboxylic acid groups (broad SMARTS) is 1. The van der Waals surface area contributed by atoms with E-state index in [9.17, 15) is 23.1 Å². The molecule has 1 saturated heterocycles. The molecule has 2 aromatic rings. The van der Waals surface area contributed by atoms with Gasteiger partial charge in [-0.3, -0.25) is 4.79 Å². The highest BCUT2D eigenvalue weighted by Crippen LogP contribution is 2.31. The number of aryl methyl sites for hydroxylation is 1. The number of benzene rings is 1. The van der Waals surface area contributed by atoms with Crippen molar-refractivity contribution in [3.8, 4) is 6.07 Å². The first kappa shape index (κ1) is 22.0. The molecule has 0 atom stereocenters. The van der Waals surface area contributed by atoms with Crippen molar-refractivity contribution in [3.05, 3.63) is 45.1 Å². The van der Waals surface area contributed by atoms with Crippen molar-refractivity contribution in [1.29, 1.82) is 5.26 Å². The average Bonchev–Trinajstić information content (AvgIpc) is 3.11. The van der Waals surface area contributed by atoms with Crippen molar-refractivity contribution >= 4 is 38.9 Å². The van der Waals surface area contributed by atoms with Gasteiger partial charge in [0.05, 0.1) is 32.7 Å². The Balaban J connectivity index is 1.86. The molecule has 1 fully saturated rings. The molecule has 1 aliphatic heterocycles. The van der Waals surface area contributed by atoms with E-state index in [0.717, 1.165) is 24.2 Å². The normalized spacial score (nSPS) is 15.5. The molecule has 10 heteroatoms. The van der Waals surface area contributed by atoms with Gasteiger partial charge in [0.2, 0.25) is 10.0 Å². The van der Waals surface area contributed by atoms with Crippen molar-refractivity contribution in [2.75, 3.05) is 18.4 Å². The maximum Gasteiger partial charge on any atom is 0.337 e. The number of piperidine rings is 1. The summed E-state index contributed by atoms with van der Waals surface area (Å²) in [4.78, 5) is 24.9. The molecule has 0 aliphatic carbocycles. The Kier molecular flexibility index (Phi) is 6.26. The Morgan fingerprint density at radius 3 is 2.53 bits per heavy atom. The predicted molar refractivity (Wildman–Crippen MR) is 112 cm³/mol. The summed E-state index contributed by atoms with van der Waals surface area (Å²) >= 11 is 1.04. The molecule has 30 heavy (non-hydrogen) atoms. The second-order valence-corrected chi connectivity index (χ2v) is 10.4. The van der Waals surface area contributed by atoms with Crippen LogP contribution >= 0.6 is 11.3 Å². The summed E-state index contributed by atoms with van der Waals surface area (Å²) in [7, 11) is -3.70. The molecule has 0 bridgehead atoms. The van der Waals surface area contributed by atoms with Crippen LogP contribution in [0, 0.1) is 24.2 Å². The Morgan fingerprint density at radius 2 is 1.93 bits per heavy atom. The molecule has 8 nitrogen and oxygen atoms in total. The van der Waals surface area contributed by atoms with Crippen molar-refractivity contribution < 1.29 is 23.1 Å². The maximum atomic E-state index is 13.0. The minimum absolute atomic E-state index is 0.0342. The standard InChI is InChI=1S/C20H21N3O5S2/c1-12-5-7-23(8-6-12)30(27,28)18-10-17(29-13(18)2)19(24)22-16-4-3-14(11-21)9-15(16)20(25)26/h3-4,9-10,12H,5-8H2,1-2H3,(H,22,24)(H,25,26). The number of sulfonamides is 1. The number of anilines is 1. The van der Waals surface area contributed by atoms with Crippen molar-refractivity contribution in [2.45, 2.75) is 31.6 Å². The first-order valence-corrected chi connectivity index (χ1v) is 11.6. The van der Waals surface area contributed by atoms with Gasteiger partial charge in [0.1, 0.15) is 0 Å². The molecule has 1 aliphatic rings. The number of carboxylic acids is 1. The van der Waals surface area contributed by atoms with Crippen LogP contribution in [0.2, 0.25) is 0 Å². The zero-order chi connectivity index (χ0) is 22.1.